The van der Waals surface area contributed by atoms with Crippen LogP contribution in [0.5, 0.6) is 11.5 Å². The third-order valence-electron chi connectivity index (χ3n) is 8.34. The Hall–Kier alpha value is -6.36. The van der Waals surface area contributed by atoms with Gasteiger partial charge in [-0.25, -0.2) is 0 Å². The van der Waals surface area contributed by atoms with Gasteiger partial charge in [-0.05, 0) is 82.9 Å². The molecule has 0 radical (unpaired) electrons. The standard InChI is InChI=1S/C41H28N2O2/c42-35-25-31(21-23-37(35)44)41(32-22-24-38(45)36(43)26-32)33-15-7-13-29(19-17-27-9-3-1-4-10-27)39(33)40-30(14-8-16-34(40)41)20-18-28-11-5-2-6-12-28/h1-16,21-26,44-45H,42-43H2. The number of phenolic OH excluding ortho intramolecular Hbond substituents is 2. The number of nitrogen functional groups attached to an aromatic ring is 2. The molecule has 4 heteroatoms. The van der Waals surface area contributed by atoms with Gasteiger partial charge in [-0.3, -0.25) is 0 Å². The van der Waals surface area contributed by atoms with E-state index < -0.39 is 5.41 Å². The van der Waals surface area contributed by atoms with E-state index in [1.165, 1.54) is 0 Å². The second-order valence-electron chi connectivity index (χ2n) is 11.0. The van der Waals surface area contributed by atoms with Crippen LogP contribution in [0, 0.1) is 23.7 Å². The number of fused-ring (bicyclic) bond motifs is 3. The lowest BCUT2D eigenvalue weighted by atomic mass is 9.67. The first-order valence-corrected chi connectivity index (χ1v) is 14.6. The van der Waals surface area contributed by atoms with Gasteiger partial charge < -0.3 is 21.7 Å². The minimum absolute atomic E-state index is 0.00233. The van der Waals surface area contributed by atoms with Crippen LogP contribution >= 0.6 is 0 Å². The van der Waals surface area contributed by atoms with E-state index in [2.05, 4.69) is 35.8 Å². The molecule has 1 aliphatic carbocycles. The maximum atomic E-state index is 10.4. The monoisotopic (exact) mass is 580 g/mol. The Morgan fingerprint density at radius 2 is 0.867 bits per heavy atom. The molecular weight excluding hydrogens is 552 g/mol. The second kappa shape index (κ2) is 11.0. The molecule has 6 aromatic carbocycles. The molecule has 1 aliphatic rings. The smallest absolute Gasteiger partial charge is 0.138 e. The maximum Gasteiger partial charge on any atom is 0.138 e. The average molecular weight is 581 g/mol. The van der Waals surface area contributed by atoms with E-state index >= 15 is 0 Å². The number of rotatable bonds is 2. The van der Waals surface area contributed by atoms with E-state index in [1.807, 2.05) is 109 Å². The van der Waals surface area contributed by atoms with Crippen molar-refractivity contribution < 1.29 is 10.2 Å². The first-order valence-electron chi connectivity index (χ1n) is 14.6. The van der Waals surface area contributed by atoms with Gasteiger partial charge in [-0.2, -0.15) is 0 Å². The minimum atomic E-state index is -0.914. The molecule has 0 saturated heterocycles. The van der Waals surface area contributed by atoms with Crippen LogP contribution in [0.25, 0.3) is 11.1 Å². The van der Waals surface area contributed by atoms with E-state index in [-0.39, 0.29) is 22.9 Å². The van der Waals surface area contributed by atoms with Gasteiger partial charge in [0.05, 0.1) is 16.8 Å². The summed E-state index contributed by atoms with van der Waals surface area (Å²) < 4.78 is 0. The summed E-state index contributed by atoms with van der Waals surface area (Å²) in [5, 5.41) is 20.9. The van der Waals surface area contributed by atoms with Gasteiger partial charge in [0.1, 0.15) is 11.5 Å². The zero-order valence-electron chi connectivity index (χ0n) is 24.3. The lowest BCUT2D eigenvalue weighted by molar-refractivity contribution is 0.477. The molecule has 0 spiro atoms. The van der Waals surface area contributed by atoms with Gasteiger partial charge in [-0.1, -0.05) is 96.5 Å². The van der Waals surface area contributed by atoms with Crippen molar-refractivity contribution >= 4 is 11.4 Å². The third-order valence-corrected chi connectivity index (χ3v) is 8.34. The first-order chi connectivity index (χ1) is 22.0. The summed E-state index contributed by atoms with van der Waals surface area (Å²) in [7, 11) is 0. The topological polar surface area (TPSA) is 92.5 Å². The van der Waals surface area contributed by atoms with Gasteiger partial charge in [0, 0.05) is 33.4 Å². The van der Waals surface area contributed by atoms with Crippen molar-refractivity contribution in [1.29, 1.82) is 0 Å². The quantitative estimate of drug-likeness (QED) is 0.0973. The van der Waals surface area contributed by atoms with Crippen molar-refractivity contribution in [2.24, 2.45) is 0 Å². The van der Waals surface area contributed by atoms with Crippen molar-refractivity contribution in [3.63, 3.8) is 0 Å². The summed E-state index contributed by atoms with van der Waals surface area (Å²) >= 11 is 0. The second-order valence-corrected chi connectivity index (χ2v) is 11.0. The molecule has 6 N–H and O–H groups in total. The predicted octanol–water partition coefficient (Wildman–Crippen LogP) is 7.42. The summed E-state index contributed by atoms with van der Waals surface area (Å²) in [5.74, 6) is 13.6. The van der Waals surface area contributed by atoms with E-state index in [0.29, 0.717) is 0 Å². The molecule has 0 bridgehead atoms. The van der Waals surface area contributed by atoms with Gasteiger partial charge in [0.2, 0.25) is 0 Å². The molecule has 0 atom stereocenters. The summed E-state index contributed by atoms with van der Waals surface area (Å²) in [6.07, 6.45) is 0. The Balaban J connectivity index is 1.61. The van der Waals surface area contributed by atoms with E-state index in [1.54, 1.807) is 12.1 Å². The normalized spacial score (nSPS) is 12.2. The Morgan fingerprint density at radius 3 is 1.27 bits per heavy atom. The Labute approximate surface area is 262 Å². The number of aromatic hydroxyl groups is 2. The Morgan fingerprint density at radius 1 is 0.444 bits per heavy atom. The van der Waals surface area contributed by atoms with E-state index in [4.69, 9.17) is 11.5 Å². The lowest BCUT2D eigenvalue weighted by Gasteiger charge is -2.34. The zero-order valence-corrected chi connectivity index (χ0v) is 24.3. The molecular formula is C41H28N2O2. The molecule has 0 amide bonds. The van der Waals surface area contributed by atoms with E-state index in [0.717, 1.165) is 55.6 Å². The molecule has 4 nitrogen and oxygen atoms in total. The highest BCUT2D eigenvalue weighted by Crippen LogP contribution is 2.58. The summed E-state index contributed by atoms with van der Waals surface area (Å²) in [5.41, 5.74) is 21.4. The zero-order chi connectivity index (χ0) is 31.0. The Kier molecular flexibility index (Phi) is 6.74. The van der Waals surface area contributed by atoms with Crippen LogP contribution in [0.4, 0.5) is 11.4 Å². The largest absolute Gasteiger partial charge is 0.506 e. The molecule has 45 heavy (non-hydrogen) atoms. The maximum absolute atomic E-state index is 10.4. The van der Waals surface area contributed by atoms with Crippen molar-refractivity contribution in [3.8, 4) is 46.3 Å². The number of phenols is 2. The molecule has 0 saturated carbocycles. The first kappa shape index (κ1) is 27.5. The molecule has 0 aromatic heterocycles. The van der Waals surface area contributed by atoms with Crippen molar-refractivity contribution in [3.05, 3.63) is 178 Å². The number of nitrogens with two attached hydrogens (primary N) is 2. The predicted molar refractivity (Wildman–Crippen MR) is 181 cm³/mol. The highest BCUT2D eigenvalue weighted by Gasteiger charge is 2.48. The number of anilines is 2. The van der Waals surface area contributed by atoms with Crippen molar-refractivity contribution in [1.82, 2.24) is 0 Å². The average Bonchev–Trinajstić information content (AvgIpc) is 3.38. The van der Waals surface area contributed by atoms with Crippen LogP contribution in [0.1, 0.15) is 44.5 Å². The van der Waals surface area contributed by atoms with Crippen LogP contribution in [0.15, 0.2) is 133 Å². The van der Waals surface area contributed by atoms with Crippen molar-refractivity contribution in [2.45, 2.75) is 5.41 Å². The fourth-order valence-corrected chi connectivity index (χ4v) is 6.31. The van der Waals surface area contributed by atoms with Crippen LogP contribution < -0.4 is 11.5 Å². The Bertz CT molecular complexity index is 2060. The number of benzene rings is 6. The molecule has 0 unspecified atom stereocenters. The van der Waals surface area contributed by atoms with Crippen LogP contribution in [-0.4, -0.2) is 10.2 Å². The highest BCUT2D eigenvalue weighted by molar-refractivity contribution is 5.93. The molecule has 0 heterocycles. The third kappa shape index (κ3) is 4.63. The van der Waals surface area contributed by atoms with Crippen LogP contribution in [0.3, 0.4) is 0 Å². The number of hydrogen-bond acceptors (Lipinski definition) is 4. The van der Waals surface area contributed by atoms with Gasteiger partial charge >= 0.3 is 0 Å². The van der Waals surface area contributed by atoms with Gasteiger partial charge in [0.25, 0.3) is 0 Å². The molecule has 7 rings (SSSR count). The van der Waals surface area contributed by atoms with Crippen LogP contribution in [-0.2, 0) is 5.41 Å². The molecule has 0 fully saturated rings. The van der Waals surface area contributed by atoms with Gasteiger partial charge in [-0.15, -0.1) is 0 Å². The summed E-state index contributed by atoms with van der Waals surface area (Å²) in [4.78, 5) is 0. The van der Waals surface area contributed by atoms with Gasteiger partial charge in [0.15, 0.2) is 0 Å². The number of hydrogen-bond donors (Lipinski definition) is 4. The molecule has 214 valence electrons. The minimum Gasteiger partial charge on any atom is -0.506 e. The summed E-state index contributed by atoms with van der Waals surface area (Å²) in [6.45, 7) is 0. The fourth-order valence-electron chi connectivity index (χ4n) is 6.31. The van der Waals surface area contributed by atoms with E-state index in [9.17, 15) is 10.2 Å². The molecule has 0 aliphatic heterocycles. The summed E-state index contributed by atoms with van der Waals surface area (Å²) in [6, 6.07) is 42.7. The highest BCUT2D eigenvalue weighted by atomic mass is 16.3. The fraction of sp³-hybridized carbons (Fsp3) is 0.0244. The van der Waals surface area contributed by atoms with Crippen LogP contribution in [0.2, 0.25) is 0 Å². The SMILES string of the molecule is Nc1cc(C2(c3ccc(O)c(N)c3)c3cccc(C#Cc4ccccc4)c3-c3c(C#Cc4ccccc4)cccc32)ccc1O. The lowest BCUT2D eigenvalue weighted by Crippen LogP contribution is -2.29. The van der Waals surface area contributed by atoms with Crippen molar-refractivity contribution in [2.75, 3.05) is 11.5 Å². The molecule has 6 aromatic rings.